The molecule has 0 radical (unpaired) electrons. The lowest BCUT2D eigenvalue weighted by Gasteiger charge is -2.16. The molecule has 4 rings (SSSR count). The molecular weight excluding hydrogens is 426 g/mol. The topological polar surface area (TPSA) is 100 Å². The van der Waals surface area contributed by atoms with E-state index in [9.17, 15) is 9.59 Å². The van der Waals surface area contributed by atoms with Crippen LogP contribution in [0, 0.1) is 5.92 Å². The summed E-state index contributed by atoms with van der Waals surface area (Å²) in [6.45, 7) is 3.82. The zero-order chi connectivity index (χ0) is 21.1. The molecule has 2 N–H and O–H groups in total. The molecule has 1 aromatic carbocycles. The Balaban J connectivity index is 1.32. The summed E-state index contributed by atoms with van der Waals surface area (Å²) in [4.78, 5) is 30.0. The van der Waals surface area contributed by atoms with Gasteiger partial charge in [-0.25, -0.2) is 0 Å². The number of halogens is 1. The Morgan fingerprint density at radius 1 is 1.43 bits per heavy atom. The van der Waals surface area contributed by atoms with Crippen molar-refractivity contribution in [1.29, 1.82) is 0 Å². The summed E-state index contributed by atoms with van der Waals surface area (Å²) in [5, 5.41) is 13.6. The number of nitrogens with one attached hydrogen (secondary N) is 2. The lowest BCUT2D eigenvalue weighted by atomic mass is 10.1. The number of benzene rings is 1. The van der Waals surface area contributed by atoms with E-state index in [1.165, 1.54) is 11.3 Å². The lowest BCUT2D eigenvalue weighted by Crippen LogP contribution is -2.30. The van der Waals surface area contributed by atoms with Crippen LogP contribution in [0.3, 0.4) is 0 Å². The van der Waals surface area contributed by atoms with Crippen molar-refractivity contribution in [2.75, 3.05) is 25.0 Å². The van der Waals surface area contributed by atoms with Crippen LogP contribution in [-0.2, 0) is 27.4 Å². The van der Waals surface area contributed by atoms with Gasteiger partial charge in [0.15, 0.2) is 0 Å². The fourth-order valence-electron chi connectivity index (χ4n) is 3.54. The number of likely N-dealkylation sites (tertiary alicyclic amines) is 1. The first-order valence-electron chi connectivity index (χ1n) is 9.77. The second-order valence-corrected chi connectivity index (χ2v) is 8.62. The lowest BCUT2D eigenvalue weighted by molar-refractivity contribution is -0.128. The molecule has 1 atom stereocenters. The van der Waals surface area contributed by atoms with Crippen molar-refractivity contribution in [1.82, 2.24) is 20.1 Å². The third-order valence-corrected chi connectivity index (χ3v) is 6.14. The van der Waals surface area contributed by atoms with Crippen LogP contribution in [0.15, 0.2) is 24.4 Å². The Hall–Kier alpha value is -2.49. The monoisotopic (exact) mass is 447 g/mol. The predicted molar refractivity (Wildman–Crippen MR) is 116 cm³/mol. The van der Waals surface area contributed by atoms with Crippen molar-refractivity contribution in [2.24, 2.45) is 5.92 Å². The molecular formula is C20H22ClN5O3S. The van der Waals surface area contributed by atoms with Gasteiger partial charge in [0.2, 0.25) is 16.9 Å². The molecule has 0 aliphatic carbocycles. The van der Waals surface area contributed by atoms with Crippen LogP contribution in [0.25, 0.3) is 10.9 Å². The van der Waals surface area contributed by atoms with E-state index in [2.05, 4.69) is 20.5 Å². The minimum atomic E-state index is -0.394. The number of aromatic nitrogens is 3. The Bertz CT molecular complexity index is 1070. The van der Waals surface area contributed by atoms with Gasteiger partial charge in [0.05, 0.1) is 5.92 Å². The number of carbonyl (C=O) groups excluding carboxylic acids is 2. The molecule has 1 aliphatic heterocycles. The van der Waals surface area contributed by atoms with Crippen LogP contribution in [0.2, 0.25) is 5.02 Å². The van der Waals surface area contributed by atoms with Crippen LogP contribution in [0.4, 0.5) is 5.13 Å². The maximum absolute atomic E-state index is 12.6. The number of aromatic amines is 1. The maximum Gasteiger partial charge on any atom is 0.231 e. The predicted octanol–water partition coefficient (Wildman–Crippen LogP) is 3.24. The van der Waals surface area contributed by atoms with Gasteiger partial charge in [0.25, 0.3) is 0 Å². The second-order valence-electron chi connectivity index (χ2n) is 7.12. The van der Waals surface area contributed by atoms with Crippen LogP contribution in [0.5, 0.6) is 0 Å². The number of H-pyrrole nitrogens is 1. The highest BCUT2D eigenvalue weighted by Gasteiger charge is 2.34. The Morgan fingerprint density at radius 3 is 3.13 bits per heavy atom. The fourth-order valence-corrected chi connectivity index (χ4v) is 4.39. The van der Waals surface area contributed by atoms with Gasteiger partial charge in [0, 0.05) is 48.2 Å². The Kier molecular flexibility index (Phi) is 6.31. The number of fused-ring (bicyclic) bond motifs is 1. The molecule has 0 spiro atoms. The molecule has 158 valence electrons. The normalized spacial score (nSPS) is 16.5. The summed E-state index contributed by atoms with van der Waals surface area (Å²) < 4.78 is 5.29. The molecule has 30 heavy (non-hydrogen) atoms. The smallest absolute Gasteiger partial charge is 0.231 e. The van der Waals surface area contributed by atoms with Gasteiger partial charge in [-0.05, 0) is 37.1 Å². The summed E-state index contributed by atoms with van der Waals surface area (Å²) in [7, 11) is 0. The number of ether oxygens (including phenoxy) is 1. The molecule has 2 aromatic heterocycles. The third-order valence-electron chi connectivity index (χ3n) is 5.09. The average molecular weight is 448 g/mol. The first kappa shape index (κ1) is 20.8. The maximum atomic E-state index is 12.6. The van der Waals surface area contributed by atoms with E-state index < -0.39 is 5.92 Å². The van der Waals surface area contributed by atoms with E-state index in [4.69, 9.17) is 16.3 Å². The highest BCUT2D eigenvalue weighted by Crippen LogP contribution is 2.25. The van der Waals surface area contributed by atoms with Crippen molar-refractivity contribution in [3.05, 3.63) is 40.0 Å². The van der Waals surface area contributed by atoms with Gasteiger partial charge in [-0.1, -0.05) is 22.9 Å². The third kappa shape index (κ3) is 4.63. The average Bonchev–Trinajstić information content (AvgIpc) is 3.43. The molecule has 1 saturated heterocycles. The molecule has 8 nitrogen and oxygen atoms in total. The Labute approximate surface area is 182 Å². The van der Waals surface area contributed by atoms with Crippen molar-refractivity contribution in [2.45, 2.75) is 26.4 Å². The molecule has 1 aliphatic rings. The number of hydrogen-bond donors (Lipinski definition) is 2. The Morgan fingerprint density at radius 2 is 2.30 bits per heavy atom. The molecule has 0 bridgehead atoms. The van der Waals surface area contributed by atoms with Gasteiger partial charge >= 0.3 is 0 Å². The van der Waals surface area contributed by atoms with Gasteiger partial charge in [-0.3, -0.25) is 9.59 Å². The number of carbonyl (C=O) groups is 2. The molecule has 10 heteroatoms. The van der Waals surface area contributed by atoms with Crippen LogP contribution < -0.4 is 5.32 Å². The first-order valence-corrected chi connectivity index (χ1v) is 11.0. The van der Waals surface area contributed by atoms with Gasteiger partial charge in [-0.15, -0.1) is 10.2 Å². The van der Waals surface area contributed by atoms with E-state index in [1.54, 1.807) is 4.90 Å². The van der Waals surface area contributed by atoms with Crippen LogP contribution in [0.1, 0.15) is 23.9 Å². The quantitative estimate of drug-likeness (QED) is 0.552. The van der Waals surface area contributed by atoms with E-state index in [0.29, 0.717) is 47.9 Å². The highest BCUT2D eigenvalue weighted by atomic mass is 35.5. The van der Waals surface area contributed by atoms with E-state index in [1.807, 2.05) is 31.3 Å². The number of anilines is 1. The molecule has 0 saturated carbocycles. The van der Waals surface area contributed by atoms with Gasteiger partial charge in [-0.2, -0.15) is 0 Å². The minimum Gasteiger partial charge on any atom is -0.374 e. The van der Waals surface area contributed by atoms with Crippen molar-refractivity contribution >= 4 is 50.8 Å². The summed E-state index contributed by atoms with van der Waals surface area (Å²) in [6, 6.07) is 5.71. The molecule has 3 aromatic rings. The fraction of sp³-hybridized carbons (Fsp3) is 0.400. The number of hydrogen-bond acceptors (Lipinski definition) is 6. The molecule has 1 fully saturated rings. The largest absolute Gasteiger partial charge is 0.374 e. The summed E-state index contributed by atoms with van der Waals surface area (Å²) in [6.07, 6.45) is 2.84. The van der Waals surface area contributed by atoms with Gasteiger partial charge in [0.1, 0.15) is 11.6 Å². The van der Waals surface area contributed by atoms with E-state index in [0.717, 1.165) is 16.5 Å². The number of rotatable bonds is 8. The van der Waals surface area contributed by atoms with Crippen LogP contribution in [-0.4, -0.2) is 51.6 Å². The summed E-state index contributed by atoms with van der Waals surface area (Å²) in [5.74, 6) is -0.611. The van der Waals surface area contributed by atoms with Crippen molar-refractivity contribution in [3.8, 4) is 0 Å². The summed E-state index contributed by atoms with van der Waals surface area (Å²) >= 11 is 7.39. The standard InChI is InChI=1S/C20H22ClN5O3S/c1-2-29-11-17-24-25-20(30-17)23-19(28)13-7-18(27)26(10-13)6-5-12-9-22-16-4-3-14(21)8-15(12)16/h3-4,8-9,13,22H,2,5-7,10-11H2,1H3,(H,23,25,28)/t13-/m1/s1. The zero-order valence-corrected chi connectivity index (χ0v) is 18.1. The van der Waals surface area contributed by atoms with Crippen LogP contribution >= 0.6 is 22.9 Å². The first-order chi connectivity index (χ1) is 14.5. The molecule has 0 unspecified atom stereocenters. The zero-order valence-electron chi connectivity index (χ0n) is 16.5. The van der Waals surface area contributed by atoms with E-state index >= 15 is 0 Å². The van der Waals surface area contributed by atoms with E-state index in [-0.39, 0.29) is 18.2 Å². The second kappa shape index (κ2) is 9.11. The number of nitrogens with zero attached hydrogens (tertiary/aromatic N) is 3. The molecule has 3 heterocycles. The minimum absolute atomic E-state index is 0.0117. The summed E-state index contributed by atoms with van der Waals surface area (Å²) in [5.41, 5.74) is 2.11. The highest BCUT2D eigenvalue weighted by molar-refractivity contribution is 7.15. The number of amides is 2. The van der Waals surface area contributed by atoms with Crippen molar-refractivity contribution in [3.63, 3.8) is 0 Å². The SMILES string of the molecule is CCOCc1nnc(NC(=O)[C@@H]2CC(=O)N(CCc3c[nH]c4ccc(Cl)cc34)C2)s1. The molecule has 2 amide bonds. The van der Waals surface area contributed by atoms with Crippen molar-refractivity contribution < 1.29 is 14.3 Å². The van der Waals surface area contributed by atoms with Gasteiger partial charge < -0.3 is 19.9 Å².